The van der Waals surface area contributed by atoms with Gasteiger partial charge in [-0.15, -0.1) is 0 Å². The normalized spacial score (nSPS) is 11.3. The van der Waals surface area contributed by atoms with E-state index in [9.17, 15) is 14.4 Å². The Bertz CT molecular complexity index is 1010. The number of carbonyl (C=O) groups is 3. The Morgan fingerprint density at radius 2 is 1.86 bits per heavy atom. The fourth-order valence-electron chi connectivity index (χ4n) is 2.53. The van der Waals surface area contributed by atoms with Gasteiger partial charge in [-0.25, -0.2) is 4.79 Å². The lowest BCUT2D eigenvalue weighted by molar-refractivity contribution is -0.149. The van der Waals surface area contributed by atoms with Crippen molar-refractivity contribution in [3.05, 3.63) is 47.5 Å². The number of nitrogens with one attached hydrogen (secondary N) is 1. The quantitative estimate of drug-likeness (QED) is 0.557. The molecule has 9 nitrogen and oxygen atoms in total. The standard InChI is InChI=1S/C20H16N2O7/c1-12(23)14-6-17-18(29-11-28-17)7-15(14)22-19(24)9-27-20(25)10-26-16-5-3-2-4-13(16)8-21/h2-7H,9-11H2,1H3,(H,22,24). The lowest BCUT2D eigenvalue weighted by Crippen LogP contribution is -2.24. The van der Waals surface area contributed by atoms with Crippen molar-refractivity contribution in [3.63, 3.8) is 0 Å². The monoisotopic (exact) mass is 396 g/mol. The molecule has 0 bridgehead atoms. The summed E-state index contributed by atoms with van der Waals surface area (Å²) in [7, 11) is 0. The number of Topliss-reactive ketones (excluding diaryl/α,β-unsaturated/α-hetero) is 1. The molecule has 1 amide bonds. The second-order valence-electron chi connectivity index (χ2n) is 5.91. The zero-order valence-corrected chi connectivity index (χ0v) is 15.4. The number of ether oxygens (including phenoxy) is 4. The van der Waals surface area contributed by atoms with Gasteiger partial charge in [-0.3, -0.25) is 9.59 Å². The Hall–Kier alpha value is -4.06. The van der Waals surface area contributed by atoms with Crippen LogP contribution < -0.4 is 19.5 Å². The predicted octanol–water partition coefficient (Wildman–Crippen LogP) is 2.05. The molecular weight excluding hydrogens is 380 g/mol. The zero-order valence-electron chi connectivity index (χ0n) is 15.4. The van der Waals surface area contributed by atoms with Crippen LogP contribution in [-0.2, 0) is 14.3 Å². The lowest BCUT2D eigenvalue weighted by atomic mass is 10.1. The van der Waals surface area contributed by atoms with Gasteiger partial charge in [0.25, 0.3) is 5.91 Å². The van der Waals surface area contributed by atoms with Crippen molar-refractivity contribution in [1.82, 2.24) is 0 Å². The first kappa shape index (κ1) is 19.7. The number of anilines is 1. The van der Waals surface area contributed by atoms with Gasteiger partial charge in [-0.2, -0.15) is 5.26 Å². The topological polar surface area (TPSA) is 124 Å². The molecule has 0 spiro atoms. The SMILES string of the molecule is CC(=O)c1cc2c(cc1NC(=O)COC(=O)COc1ccccc1C#N)OCO2. The molecule has 0 aromatic heterocycles. The van der Waals surface area contributed by atoms with Crippen molar-refractivity contribution < 1.29 is 33.3 Å². The fourth-order valence-corrected chi connectivity index (χ4v) is 2.53. The van der Waals surface area contributed by atoms with E-state index in [1.807, 2.05) is 6.07 Å². The van der Waals surface area contributed by atoms with Gasteiger partial charge >= 0.3 is 5.97 Å². The summed E-state index contributed by atoms with van der Waals surface area (Å²) in [6.07, 6.45) is 0. The Morgan fingerprint density at radius 1 is 1.14 bits per heavy atom. The van der Waals surface area contributed by atoms with Crippen LogP contribution in [0.5, 0.6) is 17.2 Å². The van der Waals surface area contributed by atoms with Crippen LogP contribution in [0.4, 0.5) is 5.69 Å². The Morgan fingerprint density at radius 3 is 2.59 bits per heavy atom. The molecule has 0 atom stereocenters. The largest absolute Gasteiger partial charge is 0.481 e. The van der Waals surface area contributed by atoms with Gasteiger partial charge in [0.2, 0.25) is 6.79 Å². The van der Waals surface area contributed by atoms with Crippen LogP contribution in [0.2, 0.25) is 0 Å². The van der Waals surface area contributed by atoms with Crippen molar-refractivity contribution in [2.75, 3.05) is 25.3 Å². The maximum atomic E-state index is 12.1. The molecule has 1 heterocycles. The van der Waals surface area contributed by atoms with E-state index in [1.54, 1.807) is 24.3 Å². The zero-order chi connectivity index (χ0) is 20.8. The van der Waals surface area contributed by atoms with Gasteiger partial charge in [-0.05, 0) is 25.1 Å². The van der Waals surface area contributed by atoms with E-state index in [-0.39, 0.29) is 35.1 Å². The molecule has 9 heteroatoms. The van der Waals surface area contributed by atoms with E-state index in [2.05, 4.69) is 5.32 Å². The number of carbonyl (C=O) groups excluding carboxylic acids is 3. The Labute approximate surface area is 165 Å². The molecule has 1 N–H and O–H groups in total. The summed E-state index contributed by atoms with van der Waals surface area (Å²) < 4.78 is 20.6. The highest BCUT2D eigenvalue weighted by molar-refractivity contribution is 6.05. The summed E-state index contributed by atoms with van der Waals surface area (Å²) in [5.41, 5.74) is 0.741. The van der Waals surface area contributed by atoms with Crippen LogP contribution in [0.3, 0.4) is 0 Å². The van der Waals surface area contributed by atoms with Gasteiger partial charge in [0.15, 0.2) is 30.5 Å². The molecule has 0 saturated carbocycles. The molecule has 0 radical (unpaired) electrons. The maximum Gasteiger partial charge on any atom is 0.344 e. The first-order chi connectivity index (χ1) is 14.0. The van der Waals surface area contributed by atoms with Gasteiger partial charge < -0.3 is 24.3 Å². The predicted molar refractivity (Wildman–Crippen MR) is 98.8 cm³/mol. The van der Waals surface area contributed by atoms with Crippen LogP contribution in [-0.4, -0.2) is 37.7 Å². The van der Waals surface area contributed by atoms with Crippen LogP contribution in [0.25, 0.3) is 0 Å². The maximum absolute atomic E-state index is 12.1. The number of hydrogen-bond donors (Lipinski definition) is 1. The number of nitriles is 1. The first-order valence-electron chi connectivity index (χ1n) is 8.50. The molecule has 0 saturated heterocycles. The third kappa shape index (κ3) is 4.81. The lowest BCUT2D eigenvalue weighted by Gasteiger charge is -2.11. The summed E-state index contributed by atoms with van der Waals surface area (Å²) in [5, 5.41) is 11.5. The number of esters is 1. The smallest absolute Gasteiger partial charge is 0.344 e. The summed E-state index contributed by atoms with van der Waals surface area (Å²) in [4.78, 5) is 35.7. The Balaban J connectivity index is 1.54. The number of fused-ring (bicyclic) bond motifs is 1. The first-order valence-corrected chi connectivity index (χ1v) is 8.50. The number of hydrogen-bond acceptors (Lipinski definition) is 8. The average molecular weight is 396 g/mol. The molecule has 0 fully saturated rings. The Kier molecular flexibility index (Phi) is 5.94. The van der Waals surface area contributed by atoms with Crippen molar-refractivity contribution in [3.8, 4) is 23.3 Å². The van der Waals surface area contributed by atoms with Gasteiger partial charge in [0.05, 0.1) is 11.3 Å². The minimum absolute atomic E-state index is 0.0244. The molecule has 29 heavy (non-hydrogen) atoms. The second kappa shape index (κ2) is 8.75. The van der Waals surface area contributed by atoms with E-state index < -0.39 is 25.1 Å². The van der Waals surface area contributed by atoms with Crippen LogP contribution in [0.15, 0.2) is 36.4 Å². The molecule has 2 aromatic carbocycles. The highest BCUT2D eigenvalue weighted by Crippen LogP contribution is 2.37. The third-order valence-corrected chi connectivity index (χ3v) is 3.88. The number of rotatable bonds is 7. The summed E-state index contributed by atoms with van der Waals surface area (Å²) in [5.74, 6) is -0.660. The van der Waals surface area contributed by atoms with Crippen LogP contribution >= 0.6 is 0 Å². The van der Waals surface area contributed by atoms with Crippen LogP contribution in [0, 0.1) is 11.3 Å². The molecule has 1 aliphatic rings. The van der Waals surface area contributed by atoms with Crippen molar-refractivity contribution in [1.29, 1.82) is 5.26 Å². The molecule has 1 aliphatic heterocycles. The van der Waals surface area contributed by atoms with Crippen LogP contribution in [0.1, 0.15) is 22.8 Å². The van der Waals surface area contributed by atoms with Gasteiger partial charge in [0, 0.05) is 11.6 Å². The number of benzene rings is 2. The summed E-state index contributed by atoms with van der Waals surface area (Å²) in [6, 6.07) is 11.3. The van der Waals surface area contributed by atoms with E-state index in [4.69, 9.17) is 24.2 Å². The second-order valence-corrected chi connectivity index (χ2v) is 5.91. The summed E-state index contributed by atoms with van der Waals surface area (Å²) in [6.45, 7) is 0.336. The van der Waals surface area contributed by atoms with E-state index in [1.165, 1.54) is 19.1 Å². The van der Waals surface area contributed by atoms with Crippen molar-refractivity contribution in [2.45, 2.75) is 6.92 Å². The highest BCUT2D eigenvalue weighted by Gasteiger charge is 2.20. The summed E-state index contributed by atoms with van der Waals surface area (Å²) >= 11 is 0. The minimum Gasteiger partial charge on any atom is -0.481 e. The van der Waals surface area contributed by atoms with E-state index in [0.29, 0.717) is 11.5 Å². The average Bonchev–Trinajstić information content (AvgIpc) is 3.17. The van der Waals surface area contributed by atoms with E-state index >= 15 is 0 Å². The third-order valence-electron chi connectivity index (χ3n) is 3.88. The van der Waals surface area contributed by atoms with Gasteiger partial charge in [-0.1, -0.05) is 12.1 Å². The minimum atomic E-state index is -0.787. The molecule has 2 aromatic rings. The fraction of sp³-hybridized carbons (Fsp3) is 0.200. The molecule has 0 aliphatic carbocycles. The number of nitrogens with zero attached hydrogens (tertiary/aromatic N) is 1. The molecule has 3 rings (SSSR count). The number of ketones is 1. The number of amides is 1. The molecule has 0 unspecified atom stereocenters. The number of para-hydroxylation sites is 1. The van der Waals surface area contributed by atoms with Crippen molar-refractivity contribution in [2.24, 2.45) is 0 Å². The van der Waals surface area contributed by atoms with Crippen molar-refractivity contribution >= 4 is 23.3 Å². The van der Waals surface area contributed by atoms with E-state index in [0.717, 1.165) is 0 Å². The molecular formula is C20H16N2O7. The highest BCUT2D eigenvalue weighted by atomic mass is 16.7. The van der Waals surface area contributed by atoms with Gasteiger partial charge in [0.1, 0.15) is 11.8 Å². The molecule has 148 valence electrons.